The maximum atomic E-state index is 5.03. The minimum absolute atomic E-state index is 0.626. The van der Waals surface area contributed by atoms with E-state index in [0.717, 1.165) is 44.5 Å². The molecule has 0 spiro atoms. The molecule has 5 nitrogen and oxygen atoms in total. The summed E-state index contributed by atoms with van der Waals surface area (Å²) in [7, 11) is 0. The van der Waals surface area contributed by atoms with E-state index in [-0.39, 0.29) is 0 Å². The van der Waals surface area contributed by atoms with Crippen molar-refractivity contribution in [3.05, 3.63) is 188 Å². The van der Waals surface area contributed by atoms with Crippen LogP contribution in [0.3, 0.4) is 0 Å². The van der Waals surface area contributed by atoms with Gasteiger partial charge in [0.1, 0.15) is 0 Å². The lowest BCUT2D eigenvalue weighted by atomic mass is 9.97. The van der Waals surface area contributed by atoms with Crippen molar-refractivity contribution in [3.8, 4) is 56.7 Å². The first kappa shape index (κ1) is 32.8. The van der Waals surface area contributed by atoms with Crippen LogP contribution in [0.25, 0.3) is 89.4 Å². The van der Waals surface area contributed by atoms with Crippen molar-refractivity contribution < 1.29 is 0 Å². The van der Waals surface area contributed by atoms with Gasteiger partial charge in [-0.05, 0) is 53.6 Å². The van der Waals surface area contributed by atoms with Gasteiger partial charge in [0.15, 0.2) is 17.5 Å². The molecule has 3 heterocycles. The van der Waals surface area contributed by atoms with E-state index in [9.17, 15) is 0 Å². The van der Waals surface area contributed by atoms with Crippen LogP contribution in [-0.4, -0.2) is 24.1 Å². The molecule has 0 atom stereocenters. The Morgan fingerprint density at radius 1 is 0.407 bits per heavy atom. The van der Waals surface area contributed by atoms with Gasteiger partial charge in [-0.25, -0.2) is 15.0 Å². The Kier molecular flexibility index (Phi) is 8.58. The Bertz CT molecular complexity index is 2820. The third kappa shape index (κ3) is 5.73. The van der Waals surface area contributed by atoms with Crippen LogP contribution in [0.15, 0.2) is 188 Å². The molecular formula is C49H37N5. The highest BCUT2D eigenvalue weighted by Crippen LogP contribution is 2.43. The maximum absolute atomic E-state index is 5.03. The van der Waals surface area contributed by atoms with Crippen LogP contribution < -0.4 is 0 Å². The van der Waals surface area contributed by atoms with Crippen molar-refractivity contribution in [1.29, 1.82) is 0 Å². The van der Waals surface area contributed by atoms with Gasteiger partial charge < -0.3 is 9.13 Å². The van der Waals surface area contributed by atoms with Gasteiger partial charge in [-0.2, -0.15) is 0 Å². The summed E-state index contributed by atoms with van der Waals surface area (Å²) in [6.07, 6.45) is 2.18. The second-order valence-electron chi connectivity index (χ2n) is 12.9. The number of hydrogen-bond donors (Lipinski definition) is 0. The highest BCUT2D eigenvalue weighted by molar-refractivity contribution is 6.23. The van der Waals surface area contributed by atoms with Crippen LogP contribution in [0.1, 0.15) is 13.8 Å². The van der Waals surface area contributed by atoms with Crippen LogP contribution in [0.4, 0.5) is 0 Å². The van der Waals surface area contributed by atoms with Gasteiger partial charge in [-0.1, -0.05) is 153 Å². The van der Waals surface area contributed by atoms with Gasteiger partial charge in [-0.3, -0.25) is 0 Å². The SMILES string of the molecule is CC.c1ccc(-c2nc(-c3ccccc3)nc(-c3cccc(-n4ccc5cc(-c6ccccc6)c6c7ccccc7n(-c7ccccc7)c6c54)c3)n2)cc1. The number of para-hydroxylation sites is 2. The van der Waals surface area contributed by atoms with E-state index in [0.29, 0.717) is 17.5 Å². The van der Waals surface area contributed by atoms with Gasteiger partial charge >= 0.3 is 0 Å². The van der Waals surface area contributed by atoms with Gasteiger partial charge in [0.05, 0.1) is 16.6 Å². The number of benzene rings is 7. The number of fused-ring (bicyclic) bond motifs is 5. The predicted molar refractivity (Wildman–Crippen MR) is 224 cm³/mol. The standard InChI is InChI=1S/C47H31N5.C2H6/c1-5-16-32(17-6-1)40-31-35-28-29-51(43(35)44-42(40)39-26-13-14-27-41(39)52(44)37-23-11-4-12-24-37)38-25-15-22-36(30-38)47-49-45(33-18-7-2-8-19-33)48-46(50-47)34-20-9-3-10-21-34;1-2/h1-31H;1-2H3. The molecular weight excluding hydrogens is 659 g/mol. The molecule has 0 unspecified atom stereocenters. The molecule has 0 aliphatic rings. The molecule has 258 valence electrons. The summed E-state index contributed by atoms with van der Waals surface area (Å²) in [4.78, 5) is 15.0. The van der Waals surface area contributed by atoms with E-state index in [2.05, 4.69) is 137 Å². The molecule has 0 amide bonds. The zero-order valence-corrected chi connectivity index (χ0v) is 30.1. The third-order valence-corrected chi connectivity index (χ3v) is 9.77. The summed E-state index contributed by atoms with van der Waals surface area (Å²) in [6.45, 7) is 4.00. The smallest absolute Gasteiger partial charge is 0.164 e. The zero-order valence-electron chi connectivity index (χ0n) is 30.1. The minimum atomic E-state index is 0.626. The molecule has 0 radical (unpaired) electrons. The molecule has 0 saturated heterocycles. The fourth-order valence-electron chi connectivity index (χ4n) is 7.42. The summed E-state index contributed by atoms with van der Waals surface area (Å²) >= 11 is 0. The lowest BCUT2D eigenvalue weighted by Crippen LogP contribution is -2.01. The maximum Gasteiger partial charge on any atom is 0.164 e. The molecule has 0 N–H and O–H groups in total. The predicted octanol–water partition coefficient (Wildman–Crippen LogP) is 12.6. The minimum Gasteiger partial charge on any atom is -0.315 e. The molecule has 7 aromatic carbocycles. The summed E-state index contributed by atoms with van der Waals surface area (Å²) < 4.78 is 4.73. The summed E-state index contributed by atoms with van der Waals surface area (Å²) in [6, 6.07) is 63.4. The second-order valence-corrected chi connectivity index (χ2v) is 12.9. The third-order valence-electron chi connectivity index (χ3n) is 9.77. The van der Waals surface area contributed by atoms with Gasteiger partial charge in [0.25, 0.3) is 0 Å². The number of hydrogen-bond acceptors (Lipinski definition) is 3. The van der Waals surface area contributed by atoms with Crippen molar-refractivity contribution >= 4 is 32.7 Å². The number of aromatic nitrogens is 5. The first-order valence-electron chi connectivity index (χ1n) is 18.5. The van der Waals surface area contributed by atoms with Crippen LogP contribution in [0.2, 0.25) is 0 Å². The first-order chi connectivity index (χ1) is 26.8. The summed E-state index contributed by atoms with van der Waals surface area (Å²) in [5, 5.41) is 3.61. The van der Waals surface area contributed by atoms with Crippen molar-refractivity contribution in [2.24, 2.45) is 0 Å². The van der Waals surface area contributed by atoms with E-state index >= 15 is 0 Å². The average Bonchev–Trinajstić information content (AvgIpc) is 3.85. The molecule has 3 aromatic heterocycles. The number of nitrogens with zero attached hydrogens (tertiary/aromatic N) is 5. The van der Waals surface area contributed by atoms with Gasteiger partial charge in [0, 0.05) is 50.4 Å². The largest absolute Gasteiger partial charge is 0.315 e. The zero-order chi connectivity index (χ0) is 36.4. The van der Waals surface area contributed by atoms with Gasteiger partial charge in [0.2, 0.25) is 0 Å². The fraction of sp³-hybridized carbons (Fsp3) is 0.0408. The molecule has 0 aliphatic carbocycles. The van der Waals surface area contributed by atoms with E-state index in [4.69, 9.17) is 15.0 Å². The fourth-order valence-corrected chi connectivity index (χ4v) is 7.42. The van der Waals surface area contributed by atoms with Crippen LogP contribution in [0, 0.1) is 0 Å². The summed E-state index contributed by atoms with van der Waals surface area (Å²) in [5.74, 6) is 1.91. The molecule has 0 aliphatic heterocycles. The van der Waals surface area contributed by atoms with Crippen LogP contribution in [-0.2, 0) is 0 Å². The van der Waals surface area contributed by atoms with Crippen molar-refractivity contribution in [2.45, 2.75) is 13.8 Å². The van der Waals surface area contributed by atoms with Gasteiger partial charge in [-0.15, -0.1) is 0 Å². The average molecular weight is 696 g/mol. The Hall–Kier alpha value is -7.11. The Balaban J connectivity index is 0.00000189. The number of rotatable bonds is 6. The highest BCUT2D eigenvalue weighted by atomic mass is 15.0. The quantitative estimate of drug-likeness (QED) is 0.174. The molecule has 5 heteroatoms. The monoisotopic (exact) mass is 695 g/mol. The van der Waals surface area contributed by atoms with E-state index in [1.807, 2.05) is 74.5 Å². The molecule has 10 rings (SSSR count). The lowest BCUT2D eigenvalue weighted by Gasteiger charge is -2.14. The first-order valence-corrected chi connectivity index (χ1v) is 18.5. The normalized spacial score (nSPS) is 11.1. The van der Waals surface area contributed by atoms with Crippen LogP contribution in [0.5, 0.6) is 0 Å². The Labute approximate surface area is 314 Å². The highest BCUT2D eigenvalue weighted by Gasteiger charge is 2.22. The molecule has 0 fully saturated rings. The second kappa shape index (κ2) is 14.1. The molecule has 54 heavy (non-hydrogen) atoms. The topological polar surface area (TPSA) is 48.5 Å². The van der Waals surface area contributed by atoms with Crippen molar-refractivity contribution in [2.75, 3.05) is 0 Å². The molecule has 0 saturated carbocycles. The van der Waals surface area contributed by atoms with Crippen LogP contribution >= 0.6 is 0 Å². The Morgan fingerprint density at radius 2 is 0.907 bits per heavy atom. The molecule has 10 aromatic rings. The van der Waals surface area contributed by atoms with E-state index in [1.165, 1.54) is 27.4 Å². The van der Waals surface area contributed by atoms with Crippen molar-refractivity contribution in [3.63, 3.8) is 0 Å². The van der Waals surface area contributed by atoms with Crippen molar-refractivity contribution in [1.82, 2.24) is 24.1 Å². The van der Waals surface area contributed by atoms with E-state index in [1.54, 1.807) is 0 Å². The van der Waals surface area contributed by atoms with E-state index < -0.39 is 0 Å². The molecule has 0 bridgehead atoms. The summed E-state index contributed by atoms with van der Waals surface area (Å²) in [5.41, 5.74) is 10.8. The Morgan fingerprint density at radius 3 is 1.54 bits per heavy atom. The lowest BCUT2D eigenvalue weighted by molar-refractivity contribution is 1.07.